The van der Waals surface area contributed by atoms with Crippen LogP contribution >= 0.6 is 0 Å². The summed E-state index contributed by atoms with van der Waals surface area (Å²) < 4.78 is 21.5. The van der Waals surface area contributed by atoms with E-state index in [1.807, 2.05) is 24.3 Å². The number of nitrogens with one attached hydrogen (secondary N) is 2. The van der Waals surface area contributed by atoms with Gasteiger partial charge in [-0.2, -0.15) is 0 Å². The van der Waals surface area contributed by atoms with Crippen molar-refractivity contribution in [1.82, 2.24) is 9.88 Å². The van der Waals surface area contributed by atoms with E-state index in [1.165, 1.54) is 0 Å². The monoisotopic (exact) mass is 338 g/mol. The van der Waals surface area contributed by atoms with Crippen LogP contribution in [0, 0.1) is 5.82 Å². The molecule has 0 aliphatic carbocycles. The Morgan fingerprint density at radius 2 is 2.00 bits per heavy atom. The molecule has 0 saturated carbocycles. The number of aromatic nitrogens is 1. The van der Waals surface area contributed by atoms with Crippen LogP contribution < -0.4 is 5.32 Å². The normalized spacial score (nSPS) is 16.9. The van der Waals surface area contributed by atoms with Crippen molar-refractivity contribution in [1.29, 1.82) is 0 Å². The van der Waals surface area contributed by atoms with Crippen LogP contribution in [0.4, 0.5) is 10.1 Å². The average molecular weight is 338 g/mol. The molecule has 4 heteroatoms. The number of rotatable bonds is 4. The van der Waals surface area contributed by atoms with Crippen LogP contribution in [0.3, 0.4) is 0 Å². The van der Waals surface area contributed by atoms with Crippen molar-refractivity contribution < 1.29 is 5.76 Å². The van der Waals surface area contributed by atoms with Gasteiger partial charge in [-0.1, -0.05) is 37.2 Å². The van der Waals surface area contributed by atoms with Crippen molar-refractivity contribution in [3.63, 3.8) is 0 Å². The Hall–Kier alpha value is -2.33. The van der Waals surface area contributed by atoms with Crippen molar-refractivity contribution in [2.24, 2.45) is 0 Å². The van der Waals surface area contributed by atoms with Gasteiger partial charge in [0.05, 0.1) is 11.2 Å². The van der Waals surface area contributed by atoms with E-state index in [9.17, 15) is 4.39 Å². The van der Waals surface area contributed by atoms with Gasteiger partial charge < -0.3 is 15.2 Å². The summed E-state index contributed by atoms with van der Waals surface area (Å²) in [6.45, 7) is 3.28. The lowest BCUT2D eigenvalue weighted by molar-refractivity contribution is 0.229. The number of halogens is 1. The molecule has 0 spiro atoms. The van der Waals surface area contributed by atoms with Crippen LogP contribution in [0.15, 0.2) is 48.5 Å². The van der Waals surface area contributed by atoms with E-state index in [0.717, 1.165) is 60.3 Å². The molecular weight excluding hydrogens is 313 g/mol. The maximum absolute atomic E-state index is 14.1. The summed E-state index contributed by atoms with van der Waals surface area (Å²) in [4.78, 5) is 5.79. The van der Waals surface area contributed by atoms with E-state index in [0.29, 0.717) is 12.9 Å². The number of benzene rings is 2. The Morgan fingerprint density at radius 3 is 2.76 bits per heavy atom. The molecule has 2 N–H and O–H groups in total. The van der Waals surface area contributed by atoms with Crippen LogP contribution in [-0.2, 0) is 0 Å². The fraction of sp³-hybridized carbons (Fsp3) is 0.333. The van der Waals surface area contributed by atoms with E-state index >= 15 is 0 Å². The second-order valence-corrected chi connectivity index (χ2v) is 6.73. The molecule has 1 aliphatic rings. The molecule has 1 aromatic heterocycles. The van der Waals surface area contributed by atoms with E-state index in [-0.39, 0.29) is 5.82 Å². The highest BCUT2D eigenvalue weighted by atomic mass is 19.1. The summed E-state index contributed by atoms with van der Waals surface area (Å²) >= 11 is 0. The smallest absolute Gasteiger partial charge is 0.126 e. The molecule has 0 amide bonds. The van der Waals surface area contributed by atoms with Gasteiger partial charge in [-0.3, -0.25) is 0 Å². The molecule has 25 heavy (non-hydrogen) atoms. The van der Waals surface area contributed by atoms with Crippen LogP contribution in [-0.4, -0.2) is 35.6 Å². The lowest BCUT2D eigenvalue weighted by atomic mass is 10.0. The number of nitrogens with zero attached hydrogens (tertiary/aromatic N) is 1. The second kappa shape index (κ2) is 6.89. The number of piperidine rings is 1. The molecule has 3 nitrogen and oxygen atoms in total. The Bertz CT molecular complexity index is 870. The van der Waals surface area contributed by atoms with Gasteiger partial charge in [-0.05, 0) is 43.1 Å². The van der Waals surface area contributed by atoms with Crippen LogP contribution in [0.2, 0.25) is 0 Å². The first-order valence-electron chi connectivity index (χ1n) is 9.59. The first kappa shape index (κ1) is 15.0. The van der Waals surface area contributed by atoms with Crippen LogP contribution in [0.5, 0.6) is 0 Å². The van der Waals surface area contributed by atoms with E-state index < -0.39 is 0 Å². The van der Waals surface area contributed by atoms with Crippen molar-refractivity contribution in [3.8, 4) is 11.3 Å². The molecule has 130 valence electrons. The highest BCUT2D eigenvalue weighted by Crippen LogP contribution is 2.31. The quantitative estimate of drug-likeness (QED) is 0.711. The number of H-pyrrole nitrogens is 1. The van der Waals surface area contributed by atoms with Crippen molar-refractivity contribution >= 4 is 16.6 Å². The number of fused-ring (bicyclic) bond motifs is 1. The molecule has 1 aliphatic heterocycles. The van der Waals surface area contributed by atoms with Gasteiger partial charge in [0.1, 0.15) is 5.82 Å². The van der Waals surface area contributed by atoms with Gasteiger partial charge in [0.25, 0.3) is 0 Å². The minimum Gasteiger partial charge on any atom is -0.380 e. The predicted octanol–water partition coefficient (Wildman–Crippen LogP) is 4.87. The zero-order valence-corrected chi connectivity index (χ0v) is 14.3. The third-order valence-electron chi connectivity index (χ3n) is 5.04. The number of anilines is 1. The summed E-state index contributed by atoms with van der Waals surface area (Å²) in [5.41, 5.74) is 3.89. The van der Waals surface area contributed by atoms with Gasteiger partial charge in [-0.15, -0.1) is 0 Å². The number of hydrogen-bond acceptors (Lipinski definition) is 2. The number of likely N-dealkylation sites (tertiary alicyclic amines) is 1. The standard InChI is InChI=1S/C21H24FN3/c1-2-25-10-8-18(9-11-25)23-20-14-17(22)12-16-13-19(24-21(16)20)15-6-4-3-5-7-15/h3-7,12-14,18,23-24H,2,8-11H2,1H3/i1D. The Labute approximate surface area is 149 Å². The largest absolute Gasteiger partial charge is 0.380 e. The van der Waals surface area contributed by atoms with Gasteiger partial charge in [0, 0.05) is 31.6 Å². The summed E-state index contributed by atoms with van der Waals surface area (Å²) in [5, 5.41) is 4.43. The third kappa shape index (κ3) is 3.40. The SMILES string of the molecule is [2H]CCN1CCC(Nc2cc(F)cc3cc(-c4ccccc4)[nH]c23)CC1. The highest BCUT2D eigenvalue weighted by Gasteiger charge is 2.19. The van der Waals surface area contributed by atoms with Crippen molar-refractivity contribution in [2.75, 3.05) is 25.0 Å². The summed E-state index contributed by atoms with van der Waals surface area (Å²) in [5.74, 6) is -0.217. The number of hydrogen-bond donors (Lipinski definition) is 2. The highest BCUT2D eigenvalue weighted by molar-refractivity contribution is 5.95. The molecule has 0 unspecified atom stereocenters. The van der Waals surface area contributed by atoms with Gasteiger partial charge in [0.2, 0.25) is 0 Å². The summed E-state index contributed by atoms with van der Waals surface area (Å²) in [6, 6.07) is 15.6. The predicted molar refractivity (Wildman–Crippen MR) is 102 cm³/mol. The zero-order chi connectivity index (χ0) is 17.9. The fourth-order valence-corrected chi connectivity index (χ4v) is 3.62. The Morgan fingerprint density at radius 1 is 1.20 bits per heavy atom. The molecule has 4 rings (SSSR count). The van der Waals surface area contributed by atoms with Gasteiger partial charge in [-0.25, -0.2) is 4.39 Å². The molecule has 1 fully saturated rings. The lowest BCUT2D eigenvalue weighted by Gasteiger charge is -2.32. The van der Waals surface area contributed by atoms with Crippen LogP contribution in [0.1, 0.15) is 21.1 Å². The first-order chi connectivity index (χ1) is 12.7. The molecule has 0 radical (unpaired) electrons. The maximum atomic E-state index is 14.1. The minimum atomic E-state index is -0.217. The topological polar surface area (TPSA) is 31.1 Å². The molecule has 3 aromatic rings. The summed E-state index contributed by atoms with van der Waals surface area (Å²) in [6.07, 6.45) is 2.04. The minimum absolute atomic E-state index is 0.217. The molecule has 0 atom stereocenters. The Kier molecular flexibility index (Phi) is 4.12. The molecular formula is C21H24FN3. The third-order valence-corrected chi connectivity index (χ3v) is 5.04. The van der Waals surface area contributed by atoms with Gasteiger partial charge >= 0.3 is 0 Å². The molecule has 2 aromatic carbocycles. The summed E-state index contributed by atoms with van der Waals surface area (Å²) in [7, 11) is 0. The van der Waals surface area contributed by atoms with Gasteiger partial charge in [0.15, 0.2) is 0 Å². The molecule has 1 saturated heterocycles. The van der Waals surface area contributed by atoms with Crippen LogP contribution in [0.25, 0.3) is 22.2 Å². The fourth-order valence-electron chi connectivity index (χ4n) is 3.62. The molecule has 0 bridgehead atoms. The number of aromatic amines is 1. The van der Waals surface area contributed by atoms with Crippen molar-refractivity contribution in [2.45, 2.75) is 25.8 Å². The van der Waals surface area contributed by atoms with E-state index in [4.69, 9.17) is 1.37 Å². The average Bonchev–Trinajstić information content (AvgIpc) is 3.08. The lowest BCUT2D eigenvalue weighted by Crippen LogP contribution is -2.38. The first-order valence-corrected chi connectivity index (χ1v) is 8.89. The van der Waals surface area contributed by atoms with Crippen molar-refractivity contribution in [3.05, 3.63) is 54.3 Å². The molecule has 2 heterocycles. The van der Waals surface area contributed by atoms with E-state index in [2.05, 4.69) is 27.3 Å². The maximum Gasteiger partial charge on any atom is 0.126 e. The Balaban J connectivity index is 1.58. The zero-order valence-electron chi connectivity index (χ0n) is 15.3. The van der Waals surface area contributed by atoms with E-state index in [1.54, 1.807) is 12.1 Å². The second-order valence-electron chi connectivity index (χ2n) is 6.73.